The van der Waals surface area contributed by atoms with Crippen molar-refractivity contribution in [3.63, 3.8) is 0 Å². The first-order valence-corrected chi connectivity index (χ1v) is 8.42. The Morgan fingerprint density at radius 3 is 2.33 bits per heavy atom. The van der Waals surface area contributed by atoms with Gasteiger partial charge in [0.2, 0.25) is 0 Å². The summed E-state index contributed by atoms with van der Waals surface area (Å²) in [7, 11) is 0. The second-order valence-corrected chi connectivity index (χ2v) is 6.87. The number of nitrogens with zero attached hydrogens (tertiary/aromatic N) is 1. The molecule has 0 radical (unpaired) electrons. The van der Waals surface area contributed by atoms with E-state index in [1.165, 1.54) is 5.56 Å². The molecule has 1 aromatic carbocycles. The number of benzene rings is 1. The van der Waals surface area contributed by atoms with E-state index < -0.39 is 0 Å². The Balaban J connectivity index is 2.26. The summed E-state index contributed by atoms with van der Waals surface area (Å²) in [6.07, 6.45) is 1.11. The first-order chi connectivity index (χ1) is 8.63. The molecule has 1 aliphatic rings. The monoisotopic (exact) mass is 472 g/mol. The number of hydrogen-bond donors (Lipinski definition) is 2. The molecule has 0 amide bonds. The molecule has 0 bridgehead atoms. The molecule has 1 aromatic rings. The van der Waals surface area contributed by atoms with Gasteiger partial charge in [-0.1, -0.05) is 6.92 Å². The van der Waals surface area contributed by atoms with Crippen LogP contribution in [0.3, 0.4) is 0 Å². The third-order valence-corrected chi connectivity index (χ3v) is 5.05. The van der Waals surface area contributed by atoms with Gasteiger partial charge < -0.3 is 10.4 Å². The van der Waals surface area contributed by atoms with Crippen molar-refractivity contribution in [3.05, 3.63) is 24.8 Å². The molecule has 18 heavy (non-hydrogen) atoms. The molecule has 0 unspecified atom stereocenters. The van der Waals surface area contributed by atoms with Crippen molar-refractivity contribution in [2.45, 2.75) is 19.4 Å². The lowest BCUT2D eigenvalue weighted by atomic mass is 10.0. The van der Waals surface area contributed by atoms with Gasteiger partial charge in [0, 0.05) is 32.2 Å². The lowest BCUT2D eigenvalue weighted by Crippen LogP contribution is -2.45. The summed E-state index contributed by atoms with van der Waals surface area (Å²) < 4.78 is 1.89. The fraction of sp³-hybridized carbons (Fsp3) is 0.538. The number of halogens is 2. The van der Waals surface area contributed by atoms with Gasteiger partial charge in [-0.3, -0.25) is 4.90 Å². The normalized spacial score (nSPS) is 18.8. The quantitative estimate of drug-likeness (QED) is 0.665. The highest BCUT2D eigenvalue weighted by molar-refractivity contribution is 14.1. The summed E-state index contributed by atoms with van der Waals surface area (Å²) in [6.45, 7) is 6.59. The highest BCUT2D eigenvalue weighted by Crippen LogP contribution is 2.33. The smallest absolute Gasteiger partial charge is 0.142 e. The average Bonchev–Trinajstić information content (AvgIpc) is 2.38. The molecule has 2 rings (SSSR count). The minimum atomic E-state index is 0.412. The highest BCUT2D eigenvalue weighted by Gasteiger charge is 2.21. The summed E-state index contributed by atoms with van der Waals surface area (Å²) in [6, 6.07) is 4.71. The lowest BCUT2D eigenvalue weighted by Gasteiger charge is -2.35. The van der Waals surface area contributed by atoms with E-state index in [4.69, 9.17) is 0 Å². The van der Waals surface area contributed by atoms with Gasteiger partial charge in [-0.2, -0.15) is 0 Å². The van der Waals surface area contributed by atoms with Crippen LogP contribution in [0.4, 0.5) is 0 Å². The Bertz CT molecular complexity index is 396. The zero-order valence-corrected chi connectivity index (χ0v) is 14.7. The second kappa shape index (κ2) is 6.71. The van der Waals surface area contributed by atoms with Crippen molar-refractivity contribution in [2.75, 3.05) is 26.2 Å². The van der Waals surface area contributed by atoms with E-state index >= 15 is 0 Å². The van der Waals surface area contributed by atoms with Crippen LogP contribution in [0, 0.1) is 7.14 Å². The van der Waals surface area contributed by atoms with Gasteiger partial charge in [0.15, 0.2) is 0 Å². The standard InChI is InChI=1S/C13H18I2N2O/c1-2-12(17-5-3-16-4-6-17)9-7-10(14)13(18)11(15)8-9/h7-8,12,16,18H,2-6H2,1H3/t12-/m1/s1. The fourth-order valence-corrected chi connectivity index (χ4v) is 4.29. The van der Waals surface area contributed by atoms with E-state index in [0.29, 0.717) is 11.8 Å². The van der Waals surface area contributed by atoms with Gasteiger partial charge >= 0.3 is 0 Å². The van der Waals surface area contributed by atoms with Crippen LogP contribution in [-0.2, 0) is 0 Å². The molecule has 100 valence electrons. The van der Waals surface area contributed by atoms with Gasteiger partial charge in [-0.15, -0.1) is 0 Å². The Hall–Kier alpha value is 0.400. The molecular weight excluding hydrogens is 454 g/mol. The lowest BCUT2D eigenvalue weighted by molar-refractivity contribution is 0.169. The first-order valence-electron chi connectivity index (χ1n) is 6.26. The molecule has 0 saturated carbocycles. The maximum atomic E-state index is 9.86. The van der Waals surface area contributed by atoms with Crippen LogP contribution in [0.2, 0.25) is 0 Å². The summed E-state index contributed by atoms with van der Waals surface area (Å²) in [5.41, 5.74) is 1.33. The maximum absolute atomic E-state index is 9.86. The largest absolute Gasteiger partial charge is 0.506 e. The van der Waals surface area contributed by atoms with Gasteiger partial charge in [0.25, 0.3) is 0 Å². The molecule has 3 nitrogen and oxygen atoms in total. The van der Waals surface area contributed by atoms with Crippen LogP contribution in [0.15, 0.2) is 12.1 Å². The number of phenolic OH excluding ortho intramolecular Hbond substituents is 1. The van der Waals surface area contributed by atoms with Crippen LogP contribution in [-0.4, -0.2) is 36.2 Å². The third kappa shape index (κ3) is 3.29. The van der Waals surface area contributed by atoms with Crippen molar-refractivity contribution in [3.8, 4) is 5.75 Å². The molecule has 0 aromatic heterocycles. The van der Waals surface area contributed by atoms with Gasteiger partial charge in [-0.25, -0.2) is 0 Å². The highest BCUT2D eigenvalue weighted by atomic mass is 127. The summed E-state index contributed by atoms with van der Waals surface area (Å²) in [5, 5.41) is 13.2. The molecule has 5 heteroatoms. The fourth-order valence-electron chi connectivity index (χ4n) is 2.48. The summed E-state index contributed by atoms with van der Waals surface area (Å²) >= 11 is 4.42. The van der Waals surface area contributed by atoms with Crippen molar-refractivity contribution in [2.24, 2.45) is 0 Å². The van der Waals surface area contributed by atoms with Crippen LogP contribution in [0.5, 0.6) is 5.75 Å². The molecular formula is C13H18I2N2O. The molecule has 1 fully saturated rings. The van der Waals surface area contributed by atoms with Crippen molar-refractivity contribution < 1.29 is 5.11 Å². The van der Waals surface area contributed by atoms with E-state index in [2.05, 4.69) is 74.5 Å². The van der Waals surface area contributed by atoms with Crippen LogP contribution >= 0.6 is 45.2 Å². The van der Waals surface area contributed by atoms with Crippen LogP contribution < -0.4 is 5.32 Å². The van der Waals surface area contributed by atoms with Crippen molar-refractivity contribution >= 4 is 45.2 Å². The predicted molar refractivity (Wildman–Crippen MR) is 91.0 cm³/mol. The van der Waals surface area contributed by atoms with Crippen LogP contribution in [0.25, 0.3) is 0 Å². The number of nitrogens with one attached hydrogen (secondary N) is 1. The Morgan fingerprint density at radius 1 is 1.28 bits per heavy atom. The molecule has 2 N–H and O–H groups in total. The minimum Gasteiger partial charge on any atom is -0.506 e. The van der Waals surface area contributed by atoms with E-state index in [0.717, 1.165) is 39.7 Å². The van der Waals surface area contributed by atoms with Gasteiger partial charge in [-0.05, 0) is 69.3 Å². The second-order valence-electron chi connectivity index (χ2n) is 4.54. The summed E-state index contributed by atoms with van der Waals surface area (Å²) in [5.74, 6) is 0.412. The molecule has 0 aliphatic carbocycles. The van der Waals surface area contributed by atoms with Gasteiger partial charge in [0.1, 0.15) is 5.75 Å². The van der Waals surface area contributed by atoms with E-state index in [1.54, 1.807) is 0 Å². The first kappa shape index (κ1) is 14.8. The van der Waals surface area contributed by atoms with E-state index in [-0.39, 0.29) is 0 Å². The van der Waals surface area contributed by atoms with Crippen molar-refractivity contribution in [1.29, 1.82) is 0 Å². The minimum absolute atomic E-state index is 0.412. The van der Waals surface area contributed by atoms with Gasteiger partial charge in [0.05, 0.1) is 7.14 Å². The average molecular weight is 472 g/mol. The number of hydrogen-bond acceptors (Lipinski definition) is 3. The number of piperazine rings is 1. The number of rotatable bonds is 3. The van der Waals surface area contributed by atoms with E-state index in [9.17, 15) is 5.11 Å². The Labute approximate surface area is 136 Å². The zero-order valence-electron chi connectivity index (χ0n) is 10.4. The van der Waals surface area contributed by atoms with Crippen molar-refractivity contribution in [1.82, 2.24) is 10.2 Å². The molecule has 0 spiro atoms. The van der Waals surface area contributed by atoms with Crippen LogP contribution in [0.1, 0.15) is 24.9 Å². The molecule has 1 heterocycles. The number of aromatic hydroxyl groups is 1. The SMILES string of the molecule is CC[C@H](c1cc(I)c(O)c(I)c1)N1CCNCC1. The maximum Gasteiger partial charge on any atom is 0.142 e. The predicted octanol–water partition coefficient (Wildman–Crippen LogP) is 2.96. The van der Waals surface area contributed by atoms with E-state index in [1.807, 2.05) is 0 Å². The Kier molecular flexibility index (Phi) is 5.52. The molecule has 1 aliphatic heterocycles. The number of phenols is 1. The third-order valence-electron chi connectivity index (χ3n) is 3.40. The Morgan fingerprint density at radius 2 is 1.83 bits per heavy atom. The summed E-state index contributed by atoms with van der Waals surface area (Å²) in [4.78, 5) is 2.54. The topological polar surface area (TPSA) is 35.5 Å². The zero-order chi connectivity index (χ0) is 13.1. The molecule has 1 atom stereocenters. The molecule has 1 saturated heterocycles.